The molecule has 142 valence electrons. The van der Waals surface area contributed by atoms with Gasteiger partial charge in [0.15, 0.2) is 8.68 Å². The van der Waals surface area contributed by atoms with Crippen molar-refractivity contribution in [1.29, 1.82) is 0 Å². The van der Waals surface area contributed by atoms with Gasteiger partial charge in [0.1, 0.15) is 0 Å². The summed E-state index contributed by atoms with van der Waals surface area (Å²) in [5.74, 6) is 2.38. The van der Waals surface area contributed by atoms with E-state index in [0.29, 0.717) is 4.34 Å². The van der Waals surface area contributed by atoms with Crippen LogP contribution in [0.25, 0.3) is 0 Å². The molecule has 0 aromatic carbocycles. The lowest BCUT2D eigenvalue weighted by Crippen LogP contribution is -2.60. The number of hydrogen-bond acceptors (Lipinski definition) is 7. The topological polar surface area (TPSA) is 98.0 Å². The summed E-state index contributed by atoms with van der Waals surface area (Å²) in [4.78, 5) is 23.7. The molecule has 1 aromatic heterocycles. The predicted octanol–water partition coefficient (Wildman–Crippen LogP) is 2.68. The summed E-state index contributed by atoms with van der Waals surface area (Å²) in [5.41, 5.74) is 5.19. The van der Waals surface area contributed by atoms with Gasteiger partial charge in [-0.05, 0) is 63.2 Å². The fourth-order valence-corrected chi connectivity index (χ4v) is 8.17. The average molecular weight is 413 g/mol. The van der Waals surface area contributed by atoms with Crippen LogP contribution in [-0.2, 0) is 9.59 Å². The number of nitrogens with zero attached hydrogens (tertiary/aromatic N) is 2. The number of nitrogens with two attached hydrogens (primary N) is 1. The van der Waals surface area contributed by atoms with Crippen molar-refractivity contribution in [2.75, 3.05) is 5.75 Å². The summed E-state index contributed by atoms with van der Waals surface area (Å²) in [7, 11) is 0. The van der Waals surface area contributed by atoms with Gasteiger partial charge in [-0.1, -0.05) is 34.9 Å². The van der Waals surface area contributed by atoms with Crippen molar-refractivity contribution in [3.05, 3.63) is 0 Å². The summed E-state index contributed by atoms with van der Waals surface area (Å²) < 4.78 is 1.46. The highest BCUT2D eigenvalue weighted by Gasteiger charge is 2.51. The van der Waals surface area contributed by atoms with Crippen LogP contribution in [0, 0.1) is 17.8 Å². The molecule has 4 aliphatic rings. The summed E-state index contributed by atoms with van der Waals surface area (Å²) in [5, 5.41) is 11.4. The van der Waals surface area contributed by atoms with Gasteiger partial charge >= 0.3 is 0 Å². The normalized spacial score (nSPS) is 33.2. The quantitative estimate of drug-likeness (QED) is 0.668. The first-order valence-electron chi connectivity index (χ1n) is 9.14. The molecule has 0 saturated heterocycles. The van der Waals surface area contributed by atoms with Gasteiger partial charge in [-0.2, -0.15) is 0 Å². The van der Waals surface area contributed by atoms with E-state index >= 15 is 0 Å². The average Bonchev–Trinajstić information content (AvgIpc) is 2.98. The second-order valence-electron chi connectivity index (χ2n) is 8.04. The first-order chi connectivity index (χ1) is 12.4. The minimum Gasteiger partial charge on any atom is -0.369 e. The van der Waals surface area contributed by atoms with E-state index in [-0.39, 0.29) is 28.4 Å². The number of hydrogen-bond donors (Lipinski definition) is 2. The first kappa shape index (κ1) is 18.6. The van der Waals surface area contributed by atoms with E-state index in [2.05, 4.69) is 15.5 Å². The van der Waals surface area contributed by atoms with Crippen LogP contribution in [0.15, 0.2) is 8.68 Å². The molecule has 4 bridgehead atoms. The van der Waals surface area contributed by atoms with Gasteiger partial charge in [0.25, 0.3) is 0 Å². The van der Waals surface area contributed by atoms with Crippen LogP contribution in [0.5, 0.6) is 0 Å². The Bertz CT molecular complexity index is 673. The van der Waals surface area contributed by atoms with Gasteiger partial charge in [0, 0.05) is 5.54 Å². The van der Waals surface area contributed by atoms with Gasteiger partial charge in [0.2, 0.25) is 11.8 Å². The van der Waals surface area contributed by atoms with Crippen molar-refractivity contribution >= 4 is 46.7 Å². The largest absolute Gasteiger partial charge is 0.369 e. The van der Waals surface area contributed by atoms with Crippen LogP contribution in [-0.4, -0.2) is 38.6 Å². The summed E-state index contributed by atoms with van der Waals surface area (Å²) >= 11 is 4.13. The standard InChI is InChI=1S/C17H24N4O2S3/c1-9(25-16-21-20-15(26-16)24-8-13(18)22)14(23)19-17-5-10-2-11(6-17)4-12(3-10)7-17/h9-12H,2-8H2,1H3,(H2,18,22)(H,19,23)/t9-,10?,11?,12?,17?/m0/s1. The lowest BCUT2D eigenvalue weighted by molar-refractivity contribution is -0.126. The Morgan fingerprint density at radius 3 is 2.35 bits per heavy atom. The molecule has 0 spiro atoms. The molecular formula is C17H24N4O2S3. The molecule has 2 amide bonds. The van der Waals surface area contributed by atoms with Gasteiger partial charge < -0.3 is 11.1 Å². The third-order valence-electron chi connectivity index (χ3n) is 5.80. The molecule has 1 aromatic rings. The van der Waals surface area contributed by atoms with E-state index in [1.807, 2.05) is 6.92 Å². The second kappa shape index (κ2) is 7.31. The number of carbonyl (C=O) groups excluding carboxylic acids is 2. The molecule has 1 atom stereocenters. The summed E-state index contributed by atoms with van der Waals surface area (Å²) in [6.07, 6.45) is 7.60. The SMILES string of the molecule is C[C@H](Sc1nnc(SCC(N)=O)s1)C(=O)NC12CC3CC(CC(C3)C1)C2. The highest BCUT2D eigenvalue weighted by atomic mass is 32.2. The molecule has 4 saturated carbocycles. The number of thioether (sulfide) groups is 2. The highest BCUT2D eigenvalue weighted by Crippen LogP contribution is 2.55. The zero-order valence-corrected chi connectivity index (χ0v) is 17.2. The van der Waals surface area contributed by atoms with Crippen molar-refractivity contribution in [1.82, 2.24) is 15.5 Å². The van der Waals surface area contributed by atoms with Crippen molar-refractivity contribution in [3.63, 3.8) is 0 Å². The molecule has 3 N–H and O–H groups in total. The number of aromatic nitrogens is 2. The zero-order valence-electron chi connectivity index (χ0n) is 14.8. The van der Waals surface area contributed by atoms with Crippen molar-refractivity contribution in [3.8, 4) is 0 Å². The molecule has 26 heavy (non-hydrogen) atoms. The minimum atomic E-state index is -0.372. The second-order valence-corrected chi connectivity index (χ2v) is 11.8. The maximum atomic E-state index is 12.8. The van der Waals surface area contributed by atoms with E-state index in [0.717, 1.165) is 41.4 Å². The van der Waals surface area contributed by atoms with Crippen molar-refractivity contribution < 1.29 is 9.59 Å². The monoisotopic (exact) mass is 412 g/mol. The molecule has 6 nitrogen and oxygen atoms in total. The molecule has 9 heteroatoms. The fourth-order valence-electron chi connectivity index (χ4n) is 5.27. The van der Waals surface area contributed by atoms with Gasteiger partial charge in [-0.3, -0.25) is 9.59 Å². The van der Waals surface area contributed by atoms with Crippen LogP contribution in [0.2, 0.25) is 0 Å². The van der Waals surface area contributed by atoms with Gasteiger partial charge in [0.05, 0.1) is 11.0 Å². The highest BCUT2D eigenvalue weighted by molar-refractivity contribution is 8.04. The zero-order chi connectivity index (χ0) is 18.3. The number of amides is 2. The van der Waals surface area contributed by atoms with E-state index in [1.54, 1.807) is 0 Å². The van der Waals surface area contributed by atoms with E-state index in [1.165, 1.54) is 54.1 Å². The molecule has 0 unspecified atom stereocenters. The molecule has 0 radical (unpaired) electrons. The molecule has 5 rings (SSSR count). The third kappa shape index (κ3) is 4.04. The van der Waals surface area contributed by atoms with E-state index in [9.17, 15) is 9.59 Å². The summed E-state index contributed by atoms with van der Waals surface area (Å²) in [6.45, 7) is 1.93. The van der Waals surface area contributed by atoms with Crippen LogP contribution in [0.1, 0.15) is 45.4 Å². The smallest absolute Gasteiger partial charge is 0.233 e. The Balaban J connectivity index is 1.33. The Morgan fingerprint density at radius 1 is 1.19 bits per heavy atom. The van der Waals surface area contributed by atoms with Crippen LogP contribution in [0.4, 0.5) is 0 Å². The van der Waals surface area contributed by atoms with E-state index in [4.69, 9.17) is 5.73 Å². The number of nitrogens with one attached hydrogen (secondary N) is 1. The molecule has 1 heterocycles. The molecular weight excluding hydrogens is 388 g/mol. The molecule has 4 fully saturated rings. The van der Waals surface area contributed by atoms with Crippen LogP contribution in [0.3, 0.4) is 0 Å². The Labute approximate surface area is 165 Å². The summed E-state index contributed by atoms with van der Waals surface area (Å²) in [6, 6.07) is 0. The van der Waals surface area contributed by atoms with Gasteiger partial charge in [-0.25, -0.2) is 0 Å². The number of rotatable bonds is 7. The first-order valence-corrected chi connectivity index (χ1v) is 11.8. The Morgan fingerprint density at radius 2 is 1.77 bits per heavy atom. The lowest BCUT2D eigenvalue weighted by Gasteiger charge is -2.57. The molecule has 4 aliphatic carbocycles. The Hall–Kier alpha value is -0.800. The third-order valence-corrected chi connectivity index (χ3v) is 9.06. The predicted molar refractivity (Wildman–Crippen MR) is 104 cm³/mol. The van der Waals surface area contributed by atoms with Crippen molar-refractivity contribution in [2.45, 2.75) is 64.9 Å². The lowest BCUT2D eigenvalue weighted by atomic mass is 9.53. The maximum Gasteiger partial charge on any atom is 0.233 e. The minimum absolute atomic E-state index is 0.0459. The van der Waals surface area contributed by atoms with Gasteiger partial charge in [-0.15, -0.1) is 10.2 Å². The maximum absolute atomic E-state index is 12.8. The van der Waals surface area contributed by atoms with E-state index < -0.39 is 0 Å². The number of carbonyl (C=O) groups is 2. The Kier molecular flexibility index (Phi) is 5.22. The molecule has 0 aliphatic heterocycles. The van der Waals surface area contributed by atoms with Crippen molar-refractivity contribution in [2.24, 2.45) is 23.5 Å². The number of primary amides is 1. The van der Waals surface area contributed by atoms with Crippen LogP contribution < -0.4 is 11.1 Å². The van der Waals surface area contributed by atoms with Crippen LogP contribution >= 0.6 is 34.9 Å². The fraction of sp³-hybridized carbons (Fsp3) is 0.765.